The lowest BCUT2D eigenvalue weighted by Crippen LogP contribution is -2.33. The molecule has 0 saturated heterocycles. The Hall–Kier alpha value is -5.08. The molecule has 5 rings (SSSR count). The van der Waals surface area contributed by atoms with Gasteiger partial charge in [-0.1, -0.05) is 43.6 Å². The van der Waals surface area contributed by atoms with Gasteiger partial charge in [0.15, 0.2) is 5.57 Å². The molecule has 3 aliphatic carbocycles. The van der Waals surface area contributed by atoms with Gasteiger partial charge in [0.1, 0.15) is 23.7 Å². The maximum atomic E-state index is 13.6. The summed E-state index contributed by atoms with van der Waals surface area (Å²) in [7, 11) is 0. The zero-order valence-corrected chi connectivity index (χ0v) is 37.2. The summed E-state index contributed by atoms with van der Waals surface area (Å²) in [6.07, 6.45) is 10.2. The molecule has 0 unspecified atom stereocenters. The lowest BCUT2D eigenvalue weighted by Gasteiger charge is -2.30. The topological polar surface area (TPSA) is 208 Å². The maximum Gasteiger partial charge on any atom is 0.350 e. The van der Waals surface area contributed by atoms with E-state index in [1.807, 2.05) is 6.07 Å². The number of nitrogens with zero attached hydrogens (tertiary/aromatic N) is 1. The quantitative estimate of drug-likeness (QED) is 0.0323. The van der Waals surface area contributed by atoms with Gasteiger partial charge in [0, 0.05) is 18.6 Å². The summed E-state index contributed by atoms with van der Waals surface area (Å²) in [6.45, 7) is 9.16. The summed E-state index contributed by atoms with van der Waals surface area (Å²) >= 11 is 2.09. The van der Waals surface area contributed by atoms with Crippen LogP contribution < -0.4 is 9.47 Å². The number of unbranched alkanes of at least 4 members (excludes halogenated alkanes) is 1. The molecule has 17 heteroatoms. The first-order valence-corrected chi connectivity index (χ1v) is 23.3. The SMILES string of the molecule is C=CC(=O)OCCCCOC(=O)C1CCC(C(=O)OC2CCC(C(=O)Oc3ccc(OC(=O)C4CCC(C)CC4)c4c3S/C(=C(\C#N)C(=O)OCCCOC(=O)C=C)S4)CC2)CC1. The molecule has 3 saturated carbocycles. The fourth-order valence-electron chi connectivity index (χ4n) is 7.74. The Morgan fingerprint density at radius 2 is 1.03 bits per heavy atom. The van der Waals surface area contributed by atoms with E-state index in [-0.39, 0.29) is 95.9 Å². The number of hydrogen-bond donors (Lipinski definition) is 0. The molecule has 4 aliphatic rings. The predicted octanol–water partition coefficient (Wildman–Crippen LogP) is 7.88. The van der Waals surface area contributed by atoms with Crippen molar-refractivity contribution in [3.05, 3.63) is 47.3 Å². The Kier molecular flexibility index (Phi) is 19.2. The van der Waals surface area contributed by atoms with E-state index >= 15 is 0 Å². The summed E-state index contributed by atoms with van der Waals surface area (Å²) in [5, 5.41) is 10.0. The molecule has 0 N–H and O–H groups in total. The van der Waals surface area contributed by atoms with Crippen LogP contribution in [0, 0.1) is 40.9 Å². The lowest BCUT2D eigenvalue weighted by atomic mass is 9.82. The minimum absolute atomic E-state index is 0.00723. The third-order valence-electron chi connectivity index (χ3n) is 11.5. The third-order valence-corrected chi connectivity index (χ3v) is 14.2. The van der Waals surface area contributed by atoms with Crippen LogP contribution >= 0.6 is 23.5 Å². The van der Waals surface area contributed by atoms with Gasteiger partial charge in [0.2, 0.25) is 0 Å². The van der Waals surface area contributed by atoms with Gasteiger partial charge < -0.3 is 33.2 Å². The van der Waals surface area contributed by atoms with Crippen LogP contribution in [0.25, 0.3) is 0 Å². The molecule has 0 bridgehead atoms. The van der Waals surface area contributed by atoms with Gasteiger partial charge in [-0.25, -0.2) is 14.4 Å². The van der Waals surface area contributed by atoms with Crippen molar-refractivity contribution in [1.82, 2.24) is 0 Å². The standard InChI is InChI=1S/C46H55NO14S2/c1-4-37(48)55-23-6-7-24-57-41(50)29-13-15-31(16-14-29)42(51)59-33-19-17-32(18-20-33)44(53)61-36-22-21-35(60-43(52)30-11-9-28(3)10-12-30)39-40(36)63-46(62-39)34(27-47)45(54)58-26-8-25-56-38(49)5-2/h4-5,21-22,28-33H,1-2,6-20,23-26H2,3H3/b46-34+. The molecule has 15 nitrogen and oxygen atoms in total. The summed E-state index contributed by atoms with van der Waals surface area (Å²) in [6, 6.07) is 5.01. The molecule has 0 radical (unpaired) electrons. The smallest absolute Gasteiger partial charge is 0.350 e. The molecule has 0 atom stereocenters. The first-order chi connectivity index (χ1) is 30.4. The number of hydrogen-bond acceptors (Lipinski definition) is 17. The average Bonchev–Trinajstić information content (AvgIpc) is 3.74. The second kappa shape index (κ2) is 24.7. The molecular weight excluding hydrogens is 855 g/mol. The highest BCUT2D eigenvalue weighted by Gasteiger charge is 2.37. The molecule has 340 valence electrons. The van der Waals surface area contributed by atoms with E-state index in [1.165, 1.54) is 0 Å². The van der Waals surface area contributed by atoms with Crippen LogP contribution in [0.5, 0.6) is 11.5 Å². The van der Waals surface area contributed by atoms with Crippen LogP contribution in [0.2, 0.25) is 0 Å². The predicted molar refractivity (Wildman–Crippen MR) is 229 cm³/mol. The molecular formula is C46H55NO14S2. The number of esters is 7. The fraction of sp³-hybridized carbons (Fsp3) is 0.565. The number of carbonyl (C=O) groups excluding carboxylic acids is 7. The Morgan fingerprint density at radius 3 is 1.54 bits per heavy atom. The maximum absolute atomic E-state index is 13.6. The van der Waals surface area contributed by atoms with Crippen molar-refractivity contribution in [3.63, 3.8) is 0 Å². The second-order valence-electron chi connectivity index (χ2n) is 16.1. The van der Waals surface area contributed by atoms with Gasteiger partial charge in [-0.05, 0) is 108 Å². The van der Waals surface area contributed by atoms with E-state index in [0.29, 0.717) is 92.8 Å². The van der Waals surface area contributed by atoms with E-state index in [2.05, 4.69) is 20.1 Å². The van der Waals surface area contributed by atoms with E-state index in [1.54, 1.807) is 12.1 Å². The van der Waals surface area contributed by atoms with Gasteiger partial charge in [0.25, 0.3) is 0 Å². The molecule has 1 aliphatic heterocycles. The van der Waals surface area contributed by atoms with Crippen molar-refractivity contribution < 1.29 is 66.7 Å². The van der Waals surface area contributed by atoms with E-state index in [4.69, 9.17) is 33.2 Å². The highest BCUT2D eigenvalue weighted by Crippen LogP contribution is 2.59. The molecule has 0 aromatic heterocycles. The third kappa shape index (κ3) is 14.5. The number of carbonyl (C=O) groups is 7. The summed E-state index contributed by atoms with van der Waals surface area (Å²) in [4.78, 5) is 88.9. The monoisotopic (exact) mass is 909 g/mol. The van der Waals surface area contributed by atoms with E-state index < -0.39 is 29.8 Å². The molecule has 1 aromatic rings. The van der Waals surface area contributed by atoms with Crippen molar-refractivity contribution >= 4 is 65.3 Å². The van der Waals surface area contributed by atoms with Crippen LogP contribution in [-0.4, -0.2) is 74.3 Å². The Labute approximate surface area is 376 Å². The van der Waals surface area contributed by atoms with Crippen molar-refractivity contribution in [2.24, 2.45) is 29.6 Å². The molecule has 1 heterocycles. The number of nitriles is 1. The van der Waals surface area contributed by atoms with Gasteiger partial charge >= 0.3 is 41.8 Å². The summed E-state index contributed by atoms with van der Waals surface area (Å²) < 4.78 is 38.5. The van der Waals surface area contributed by atoms with Gasteiger partial charge in [-0.15, -0.1) is 0 Å². The second-order valence-corrected chi connectivity index (χ2v) is 18.4. The number of ether oxygens (including phenoxy) is 7. The van der Waals surface area contributed by atoms with Gasteiger partial charge in [0.05, 0.1) is 64.1 Å². The number of fused-ring (bicyclic) bond motifs is 1. The summed E-state index contributed by atoms with van der Waals surface area (Å²) in [5.74, 6) is -3.82. The molecule has 63 heavy (non-hydrogen) atoms. The average molecular weight is 910 g/mol. The summed E-state index contributed by atoms with van der Waals surface area (Å²) in [5.41, 5.74) is -0.280. The zero-order chi connectivity index (χ0) is 45.3. The minimum atomic E-state index is -0.885. The van der Waals surface area contributed by atoms with E-state index in [9.17, 15) is 38.8 Å². The van der Waals surface area contributed by atoms with Gasteiger partial charge in [-0.2, -0.15) is 5.26 Å². The number of rotatable bonds is 19. The Balaban J connectivity index is 1.13. The first kappa shape index (κ1) is 48.9. The largest absolute Gasteiger partial charge is 0.465 e. The molecule has 1 aromatic carbocycles. The lowest BCUT2D eigenvalue weighted by molar-refractivity contribution is -0.160. The first-order valence-electron chi connectivity index (χ1n) is 21.6. The molecule has 0 spiro atoms. The van der Waals surface area contributed by atoms with Crippen LogP contribution in [-0.2, 0) is 57.2 Å². The highest BCUT2D eigenvalue weighted by atomic mass is 32.2. The van der Waals surface area contributed by atoms with Crippen LogP contribution in [0.15, 0.2) is 57.0 Å². The Morgan fingerprint density at radius 1 is 0.603 bits per heavy atom. The number of thioether (sulfide) groups is 2. The Bertz CT molecular complexity index is 1950. The highest BCUT2D eigenvalue weighted by molar-refractivity contribution is 8.24. The minimum Gasteiger partial charge on any atom is -0.465 e. The van der Waals surface area contributed by atoms with Crippen molar-refractivity contribution in [1.29, 1.82) is 5.26 Å². The van der Waals surface area contributed by atoms with E-state index in [0.717, 1.165) is 48.5 Å². The van der Waals surface area contributed by atoms with Crippen molar-refractivity contribution in [2.75, 3.05) is 26.4 Å². The molecule has 3 fully saturated rings. The fourth-order valence-corrected chi connectivity index (χ4v) is 10.3. The normalized spacial score (nSPS) is 23.6. The van der Waals surface area contributed by atoms with Crippen LogP contribution in [0.1, 0.15) is 103 Å². The molecule has 0 amide bonds. The zero-order valence-electron chi connectivity index (χ0n) is 35.6. The van der Waals surface area contributed by atoms with Crippen molar-refractivity contribution in [3.8, 4) is 17.6 Å². The van der Waals surface area contributed by atoms with Crippen LogP contribution in [0.3, 0.4) is 0 Å². The van der Waals surface area contributed by atoms with Crippen molar-refractivity contribution in [2.45, 2.75) is 119 Å². The van der Waals surface area contributed by atoms with Gasteiger partial charge in [-0.3, -0.25) is 19.2 Å². The number of benzene rings is 1. The van der Waals surface area contributed by atoms with Crippen LogP contribution in [0.4, 0.5) is 0 Å².